The van der Waals surface area contributed by atoms with Gasteiger partial charge in [0.25, 0.3) is 15.9 Å². The largest absolute Gasteiger partial charge is 0.322 e. The minimum Gasteiger partial charge on any atom is -0.322 e. The van der Waals surface area contributed by atoms with Gasteiger partial charge >= 0.3 is 0 Å². The predicted molar refractivity (Wildman–Crippen MR) is 101 cm³/mol. The predicted octanol–water partition coefficient (Wildman–Crippen LogP) is 3.79. The van der Waals surface area contributed by atoms with E-state index in [0.29, 0.717) is 16.3 Å². The fourth-order valence-corrected chi connectivity index (χ4v) is 3.56. The number of benzene rings is 2. The number of carbonyl (C=O) groups excluding carboxylic acids is 1. The molecule has 26 heavy (non-hydrogen) atoms. The van der Waals surface area contributed by atoms with Gasteiger partial charge in [-0.1, -0.05) is 29.8 Å². The lowest BCUT2D eigenvalue weighted by atomic mass is 10.2. The fraction of sp³-hybridized carbons (Fsp3) is 0. The van der Waals surface area contributed by atoms with E-state index in [1.54, 1.807) is 48.5 Å². The molecule has 2 aromatic carbocycles. The Morgan fingerprint density at radius 2 is 1.69 bits per heavy atom. The molecule has 0 unspecified atom stereocenters. The van der Waals surface area contributed by atoms with Crippen molar-refractivity contribution in [3.63, 3.8) is 0 Å². The molecule has 0 bridgehead atoms. The van der Waals surface area contributed by atoms with Crippen molar-refractivity contribution in [3.05, 3.63) is 83.6 Å². The number of carbonyl (C=O) groups is 1. The van der Waals surface area contributed by atoms with E-state index < -0.39 is 10.0 Å². The van der Waals surface area contributed by atoms with Crippen molar-refractivity contribution in [1.29, 1.82) is 0 Å². The van der Waals surface area contributed by atoms with E-state index in [-0.39, 0.29) is 16.5 Å². The van der Waals surface area contributed by atoms with E-state index in [1.807, 2.05) is 0 Å². The first-order valence-electron chi connectivity index (χ1n) is 7.54. The summed E-state index contributed by atoms with van der Waals surface area (Å²) in [4.78, 5) is 16.0. The van der Waals surface area contributed by atoms with Gasteiger partial charge in [-0.2, -0.15) is 0 Å². The van der Waals surface area contributed by atoms with Gasteiger partial charge in [-0.25, -0.2) is 8.42 Å². The standard InChI is InChI=1S/C18H14ClN3O3S/c19-16-6-1-2-7-17(16)22-26(24,25)15-5-3-4-14(12-15)21-18(23)13-8-10-20-11-9-13/h1-12,22H,(H,21,23). The molecule has 6 nitrogen and oxygen atoms in total. The molecule has 0 atom stereocenters. The lowest BCUT2D eigenvalue weighted by Crippen LogP contribution is -2.15. The summed E-state index contributed by atoms with van der Waals surface area (Å²) in [7, 11) is -3.85. The van der Waals surface area contributed by atoms with Gasteiger partial charge in [0.2, 0.25) is 0 Å². The molecule has 0 fully saturated rings. The molecular formula is C18H14ClN3O3S. The van der Waals surface area contributed by atoms with Crippen LogP contribution in [0.3, 0.4) is 0 Å². The van der Waals surface area contributed by atoms with Gasteiger partial charge in [-0.05, 0) is 42.5 Å². The molecule has 3 rings (SSSR count). The number of rotatable bonds is 5. The summed E-state index contributed by atoms with van der Waals surface area (Å²) >= 11 is 6.00. The normalized spacial score (nSPS) is 11.0. The first-order valence-corrected chi connectivity index (χ1v) is 9.40. The van der Waals surface area contributed by atoms with Gasteiger partial charge in [-0.15, -0.1) is 0 Å². The number of aromatic nitrogens is 1. The molecule has 1 aromatic heterocycles. The summed E-state index contributed by atoms with van der Waals surface area (Å²) in [5.74, 6) is -0.360. The number of nitrogens with one attached hydrogen (secondary N) is 2. The maximum atomic E-state index is 12.6. The van der Waals surface area contributed by atoms with Crippen molar-refractivity contribution in [1.82, 2.24) is 4.98 Å². The van der Waals surface area contributed by atoms with Crippen LogP contribution >= 0.6 is 11.6 Å². The van der Waals surface area contributed by atoms with Crippen LogP contribution < -0.4 is 10.0 Å². The van der Waals surface area contributed by atoms with Crippen LogP contribution in [0.25, 0.3) is 0 Å². The summed E-state index contributed by atoms with van der Waals surface area (Å²) in [5, 5.41) is 2.95. The fourth-order valence-electron chi connectivity index (χ4n) is 2.20. The number of hydrogen-bond donors (Lipinski definition) is 2. The van der Waals surface area contributed by atoms with E-state index in [0.717, 1.165) is 0 Å². The zero-order chi connectivity index (χ0) is 18.6. The number of nitrogens with zero attached hydrogens (tertiary/aromatic N) is 1. The van der Waals surface area contributed by atoms with Gasteiger partial charge < -0.3 is 5.32 Å². The van der Waals surface area contributed by atoms with E-state index >= 15 is 0 Å². The summed E-state index contributed by atoms with van der Waals surface area (Å²) in [6, 6.07) is 15.6. The zero-order valence-electron chi connectivity index (χ0n) is 13.4. The number of amides is 1. The molecule has 0 saturated carbocycles. The smallest absolute Gasteiger partial charge is 0.262 e. The third-order valence-electron chi connectivity index (χ3n) is 3.46. The van der Waals surface area contributed by atoms with E-state index in [1.165, 1.54) is 24.5 Å². The topological polar surface area (TPSA) is 88.2 Å². The highest BCUT2D eigenvalue weighted by atomic mass is 35.5. The second kappa shape index (κ2) is 7.55. The molecule has 3 aromatic rings. The molecule has 1 amide bonds. The summed E-state index contributed by atoms with van der Waals surface area (Å²) < 4.78 is 27.6. The number of sulfonamides is 1. The molecule has 0 aliphatic heterocycles. The Kier molecular flexibility index (Phi) is 5.20. The molecule has 0 saturated heterocycles. The average Bonchev–Trinajstić information content (AvgIpc) is 2.64. The monoisotopic (exact) mass is 387 g/mol. The molecule has 0 aliphatic carbocycles. The molecule has 2 N–H and O–H groups in total. The van der Waals surface area contributed by atoms with Crippen LogP contribution in [-0.2, 0) is 10.0 Å². The lowest BCUT2D eigenvalue weighted by Gasteiger charge is -2.11. The van der Waals surface area contributed by atoms with E-state index in [2.05, 4.69) is 15.0 Å². The molecule has 1 heterocycles. The van der Waals surface area contributed by atoms with Crippen LogP contribution in [0.5, 0.6) is 0 Å². The van der Waals surface area contributed by atoms with E-state index in [4.69, 9.17) is 11.6 Å². The van der Waals surface area contributed by atoms with Crippen LogP contribution in [-0.4, -0.2) is 19.3 Å². The number of pyridine rings is 1. The second-order valence-electron chi connectivity index (χ2n) is 5.30. The Balaban J connectivity index is 1.82. The third-order valence-corrected chi connectivity index (χ3v) is 5.16. The van der Waals surface area contributed by atoms with Gasteiger partial charge in [0.15, 0.2) is 0 Å². The highest BCUT2D eigenvalue weighted by Gasteiger charge is 2.16. The Labute approximate surface area is 155 Å². The molecule has 0 radical (unpaired) electrons. The molecule has 0 aliphatic rings. The van der Waals surface area contributed by atoms with Crippen molar-refractivity contribution in [2.45, 2.75) is 4.90 Å². The van der Waals surface area contributed by atoms with Gasteiger partial charge in [0.05, 0.1) is 15.6 Å². The number of para-hydroxylation sites is 1. The highest BCUT2D eigenvalue weighted by molar-refractivity contribution is 7.92. The van der Waals surface area contributed by atoms with Crippen LogP contribution in [0.4, 0.5) is 11.4 Å². The Morgan fingerprint density at radius 3 is 2.42 bits per heavy atom. The van der Waals surface area contributed by atoms with Crippen molar-refractivity contribution in [2.24, 2.45) is 0 Å². The lowest BCUT2D eigenvalue weighted by molar-refractivity contribution is 0.102. The minimum atomic E-state index is -3.85. The van der Waals surface area contributed by atoms with Gasteiger partial charge in [0.1, 0.15) is 0 Å². The van der Waals surface area contributed by atoms with Gasteiger partial charge in [-0.3, -0.25) is 14.5 Å². The summed E-state index contributed by atoms with van der Waals surface area (Å²) in [5.41, 5.74) is 1.05. The highest BCUT2D eigenvalue weighted by Crippen LogP contribution is 2.25. The maximum absolute atomic E-state index is 12.6. The second-order valence-corrected chi connectivity index (χ2v) is 7.39. The Hall–Kier alpha value is -2.90. The van der Waals surface area contributed by atoms with Crippen molar-refractivity contribution in [2.75, 3.05) is 10.0 Å². The van der Waals surface area contributed by atoms with Gasteiger partial charge in [0, 0.05) is 23.6 Å². The Morgan fingerprint density at radius 1 is 0.962 bits per heavy atom. The Bertz CT molecular complexity index is 1040. The van der Waals surface area contributed by atoms with Crippen molar-refractivity contribution in [3.8, 4) is 0 Å². The quantitative estimate of drug-likeness (QED) is 0.697. The maximum Gasteiger partial charge on any atom is 0.262 e. The first kappa shape index (κ1) is 17.9. The van der Waals surface area contributed by atoms with Crippen LogP contribution in [0.1, 0.15) is 10.4 Å². The number of anilines is 2. The van der Waals surface area contributed by atoms with Crippen molar-refractivity contribution < 1.29 is 13.2 Å². The van der Waals surface area contributed by atoms with Crippen LogP contribution in [0.2, 0.25) is 5.02 Å². The zero-order valence-corrected chi connectivity index (χ0v) is 15.0. The number of halogens is 1. The molecule has 0 spiro atoms. The van der Waals surface area contributed by atoms with Crippen molar-refractivity contribution >= 4 is 38.9 Å². The summed E-state index contributed by atoms with van der Waals surface area (Å²) in [6.45, 7) is 0. The molecule has 132 valence electrons. The van der Waals surface area contributed by atoms with E-state index in [9.17, 15) is 13.2 Å². The van der Waals surface area contributed by atoms with Crippen LogP contribution in [0.15, 0.2) is 78.0 Å². The molecular weight excluding hydrogens is 374 g/mol. The average molecular weight is 388 g/mol. The van der Waals surface area contributed by atoms with Crippen LogP contribution in [0, 0.1) is 0 Å². The third kappa shape index (κ3) is 4.19. The minimum absolute atomic E-state index is 0.00458. The first-order chi connectivity index (χ1) is 12.5. The SMILES string of the molecule is O=C(Nc1cccc(S(=O)(=O)Nc2ccccc2Cl)c1)c1ccncc1. The number of hydrogen-bond acceptors (Lipinski definition) is 4. The molecule has 8 heteroatoms. The summed E-state index contributed by atoms with van der Waals surface area (Å²) in [6.07, 6.45) is 3.01.